The van der Waals surface area contributed by atoms with Gasteiger partial charge in [0.1, 0.15) is 0 Å². The van der Waals surface area contributed by atoms with E-state index >= 15 is 0 Å². The van der Waals surface area contributed by atoms with E-state index in [9.17, 15) is 4.21 Å². The molecular formula is C14H31NO2SSi. The summed E-state index contributed by atoms with van der Waals surface area (Å²) in [4.78, 5) is 0. The Bertz CT molecular complexity index is 329. The Balaban J connectivity index is 4.53. The van der Waals surface area contributed by atoms with Crippen molar-refractivity contribution in [1.29, 1.82) is 0 Å². The van der Waals surface area contributed by atoms with E-state index in [0.717, 1.165) is 0 Å². The minimum absolute atomic E-state index is 0.0748. The Morgan fingerprint density at radius 1 is 1.26 bits per heavy atom. The highest BCUT2D eigenvalue weighted by atomic mass is 32.2. The van der Waals surface area contributed by atoms with Crippen molar-refractivity contribution in [2.45, 2.75) is 70.5 Å². The highest BCUT2D eigenvalue weighted by Gasteiger charge is 2.37. The van der Waals surface area contributed by atoms with Gasteiger partial charge in [-0.1, -0.05) is 26.8 Å². The van der Waals surface area contributed by atoms with Crippen LogP contribution in [-0.4, -0.2) is 29.9 Å². The van der Waals surface area contributed by atoms with Gasteiger partial charge >= 0.3 is 0 Å². The van der Waals surface area contributed by atoms with Crippen molar-refractivity contribution in [3.8, 4) is 0 Å². The first kappa shape index (κ1) is 19.0. The zero-order valence-electron chi connectivity index (χ0n) is 13.8. The first-order valence-corrected chi connectivity index (χ1v) is 10.8. The summed E-state index contributed by atoms with van der Waals surface area (Å²) >= 11 is 0. The van der Waals surface area contributed by atoms with E-state index in [1.54, 1.807) is 6.08 Å². The lowest BCUT2D eigenvalue weighted by atomic mass is 10.2. The van der Waals surface area contributed by atoms with Crippen molar-refractivity contribution < 1.29 is 8.63 Å². The van der Waals surface area contributed by atoms with Crippen molar-refractivity contribution in [3.63, 3.8) is 0 Å². The van der Waals surface area contributed by atoms with Crippen molar-refractivity contribution in [1.82, 2.24) is 4.72 Å². The maximum atomic E-state index is 12.1. The lowest BCUT2D eigenvalue weighted by molar-refractivity contribution is 0.273. The van der Waals surface area contributed by atoms with Crippen LogP contribution in [0.3, 0.4) is 0 Å². The van der Waals surface area contributed by atoms with Crippen molar-refractivity contribution >= 4 is 19.3 Å². The summed E-state index contributed by atoms with van der Waals surface area (Å²) in [6, 6.07) is -0.0748. The van der Waals surface area contributed by atoms with E-state index in [1.807, 2.05) is 20.8 Å². The van der Waals surface area contributed by atoms with Gasteiger partial charge in [-0.25, -0.2) is 8.93 Å². The third-order valence-corrected chi connectivity index (χ3v) is 9.66. The molecule has 0 aliphatic rings. The number of hydrogen-bond acceptors (Lipinski definition) is 2. The van der Waals surface area contributed by atoms with Gasteiger partial charge in [0.05, 0.1) is 28.4 Å². The van der Waals surface area contributed by atoms with Gasteiger partial charge in [0.2, 0.25) is 0 Å². The van der Waals surface area contributed by atoms with Crippen molar-refractivity contribution in [2.75, 3.05) is 6.61 Å². The van der Waals surface area contributed by atoms with Gasteiger partial charge in [0.15, 0.2) is 8.32 Å². The normalized spacial score (nSPS) is 17.1. The molecule has 1 unspecified atom stereocenters. The second-order valence-electron chi connectivity index (χ2n) is 7.41. The Morgan fingerprint density at radius 2 is 1.74 bits per heavy atom. The van der Waals surface area contributed by atoms with Crippen LogP contribution in [0.25, 0.3) is 0 Å². The van der Waals surface area contributed by atoms with E-state index in [-0.39, 0.29) is 15.8 Å². The summed E-state index contributed by atoms with van der Waals surface area (Å²) in [6.07, 6.45) is 1.77. The number of nitrogens with one attached hydrogen (secondary N) is 1. The van der Waals surface area contributed by atoms with Gasteiger partial charge in [-0.15, -0.1) is 6.58 Å². The first-order valence-electron chi connectivity index (χ1n) is 6.76. The first-order chi connectivity index (χ1) is 8.31. The van der Waals surface area contributed by atoms with Gasteiger partial charge in [0.25, 0.3) is 0 Å². The molecule has 1 N–H and O–H groups in total. The molecule has 3 nitrogen and oxygen atoms in total. The zero-order chi connectivity index (χ0) is 15.5. The molecule has 0 radical (unpaired) electrons. The third-order valence-electron chi connectivity index (χ3n) is 3.53. The molecule has 0 aromatic heterocycles. The monoisotopic (exact) mass is 305 g/mol. The van der Waals surface area contributed by atoms with Crippen LogP contribution in [0.15, 0.2) is 12.7 Å². The van der Waals surface area contributed by atoms with Gasteiger partial charge in [-0.2, -0.15) is 0 Å². The minimum Gasteiger partial charge on any atom is -0.415 e. The maximum absolute atomic E-state index is 12.1. The van der Waals surface area contributed by atoms with E-state index < -0.39 is 19.3 Å². The van der Waals surface area contributed by atoms with Crippen molar-refractivity contribution in [2.24, 2.45) is 0 Å². The largest absolute Gasteiger partial charge is 0.415 e. The van der Waals surface area contributed by atoms with Crippen LogP contribution in [0.5, 0.6) is 0 Å². The molecule has 0 aromatic carbocycles. The maximum Gasteiger partial charge on any atom is 0.192 e. The second kappa shape index (κ2) is 6.65. The molecule has 0 rings (SSSR count). The molecule has 0 saturated heterocycles. The molecule has 0 heterocycles. The smallest absolute Gasteiger partial charge is 0.192 e. The van der Waals surface area contributed by atoms with E-state index in [1.165, 1.54) is 0 Å². The molecule has 0 amide bonds. The molecule has 0 fully saturated rings. The summed E-state index contributed by atoms with van der Waals surface area (Å²) in [5, 5.41) is 0.182. The van der Waals surface area contributed by atoms with Crippen LogP contribution >= 0.6 is 0 Å². The van der Waals surface area contributed by atoms with Crippen LogP contribution in [0.1, 0.15) is 41.5 Å². The Morgan fingerprint density at radius 3 is 2.05 bits per heavy atom. The van der Waals surface area contributed by atoms with Crippen LogP contribution in [0.2, 0.25) is 18.1 Å². The van der Waals surface area contributed by atoms with E-state index in [0.29, 0.717) is 6.61 Å². The molecule has 0 aliphatic heterocycles. The molecule has 19 heavy (non-hydrogen) atoms. The summed E-state index contributed by atoms with van der Waals surface area (Å²) in [7, 11) is -2.87. The van der Waals surface area contributed by atoms with Gasteiger partial charge in [-0.3, -0.25) is 0 Å². The quantitative estimate of drug-likeness (QED) is 0.601. The van der Waals surface area contributed by atoms with Crippen LogP contribution in [-0.2, 0) is 15.4 Å². The lowest BCUT2D eigenvalue weighted by Gasteiger charge is -2.37. The Hall–Kier alpha value is 0.0269. The van der Waals surface area contributed by atoms with Gasteiger partial charge in [0, 0.05) is 0 Å². The van der Waals surface area contributed by atoms with Gasteiger partial charge < -0.3 is 4.43 Å². The molecule has 5 heteroatoms. The van der Waals surface area contributed by atoms with Crippen LogP contribution in [0.4, 0.5) is 0 Å². The number of rotatable bonds is 6. The highest BCUT2D eigenvalue weighted by molar-refractivity contribution is 7.84. The fraction of sp³-hybridized carbons (Fsp3) is 0.857. The fourth-order valence-electron chi connectivity index (χ4n) is 0.979. The molecule has 114 valence electrons. The predicted molar refractivity (Wildman–Crippen MR) is 88.2 cm³/mol. The molecule has 0 spiro atoms. The average molecular weight is 306 g/mol. The summed E-state index contributed by atoms with van der Waals surface area (Å²) in [5.41, 5.74) is 0. The molecule has 0 bridgehead atoms. The highest BCUT2D eigenvalue weighted by Crippen LogP contribution is 2.36. The van der Waals surface area contributed by atoms with E-state index in [4.69, 9.17) is 4.43 Å². The Labute approximate surface area is 122 Å². The van der Waals surface area contributed by atoms with Crippen LogP contribution in [0, 0.1) is 0 Å². The fourth-order valence-corrected chi connectivity index (χ4v) is 2.80. The second-order valence-corrected chi connectivity index (χ2v) is 14.2. The topological polar surface area (TPSA) is 38.3 Å². The summed E-state index contributed by atoms with van der Waals surface area (Å²) in [6.45, 7) is 21.2. The SMILES string of the molecule is C=C[C@H](CO[Si](C)(C)C(C)(C)C)NS(=O)C(C)(C)C. The number of hydrogen-bond donors (Lipinski definition) is 1. The standard InChI is InChI=1S/C14H31NO2SSi/c1-10-12(15-18(16)13(2,3)4)11-17-19(8,9)14(5,6)7/h10,12,15H,1,11H2,2-9H3/t12-,18?/m1/s1. The molecule has 2 atom stereocenters. The summed E-state index contributed by atoms with van der Waals surface area (Å²) < 4.78 is 21.0. The van der Waals surface area contributed by atoms with Gasteiger partial charge in [-0.05, 0) is 38.9 Å². The van der Waals surface area contributed by atoms with Crippen molar-refractivity contribution in [3.05, 3.63) is 12.7 Å². The minimum atomic E-state index is -1.77. The van der Waals surface area contributed by atoms with Crippen LogP contribution < -0.4 is 4.72 Å². The summed E-state index contributed by atoms with van der Waals surface area (Å²) in [5.74, 6) is 0. The molecule has 0 aromatic rings. The average Bonchev–Trinajstić information content (AvgIpc) is 2.20. The Kier molecular flexibility index (Phi) is 6.66. The lowest BCUT2D eigenvalue weighted by Crippen LogP contribution is -2.46. The molecule has 0 saturated carbocycles. The molecule has 0 aliphatic carbocycles. The predicted octanol–water partition coefficient (Wildman–Crippen LogP) is 3.61. The zero-order valence-corrected chi connectivity index (χ0v) is 15.6. The van der Waals surface area contributed by atoms with E-state index in [2.05, 4.69) is 45.2 Å². The third kappa shape index (κ3) is 6.34. The molecular weight excluding hydrogens is 274 g/mol.